The quantitative estimate of drug-likeness (QED) is 0.849. The van der Waals surface area contributed by atoms with Gasteiger partial charge in [0.1, 0.15) is 11.6 Å². The molecule has 1 fully saturated rings. The number of hydrogen-bond acceptors (Lipinski definition) is 1. The van der Waals surface area contributed by atoms with Crippen molar-refractivity contribution in [3.63, 3.8) is 0 Å². The minimum Gasteiger partial charge on any atom is -0.310 e. The Kier molecular flexibility index (Phi) is 4.79. The second-order valence-electron chi connectivity index (χ2n) is 7.03. The Morgan fingerprint density at radius 2 is 1.75 bits per heavy atom. The van der Waals surface area contributed by atoms with E-state index in [2.05, 4.69) is 26.1 Å². The number of nitrogens with one attached hydrogen (secondary N) is 1. The number of hydrogen-bond donors (Lipinski definition) is 1. The van der Waals surface area contributed by atoms with Gasteiger partial charge in [-0.2, -0.15) is 0 Å². The minimum absolute atomic E-state index is 0.383. The first kappa shape index (κ1) is 15.4. The summed E-state index contributed by atoms with van der Waals surface area (Å²) in [6.07, 6.45) is 4.75. The molecule has 0 bridgehead atoms. The van der Waals surface area contributed by atoms with E-state index in [9.17, 15) is 8.78 Å². The van der Waals surface area contributed by atoms with E-state index in [-0.39, 0.29) is 0 Å². The van der Waals surface area contributed by atoms with Crippen molar-refractivity contribution in [2.75, 3.05) is 0 Å². The summed E-state index contributed by atoms with van der Waals surface area (Å²) in [6.45, 7) is 7.40. The van der Waals surface area contributed by atoms with Gasteiger partial charge in [0, 0.05) is 24.2 Å². The number of rotatable bonds is 3. The van der Waals surface area contributed by atoms with Crippen molar-refractivity contribution in [3.05, 3.63) is 35.4 Å². The molecular formula is C17H25F2N. The SMILES string of the molecule is CC(C)(C)C1CCC(NCc2ccc(F)cc2F)CC1. The van der Waals surface area contributed by atoms with Gasteiger partial charge in [-0.3, -0.25) is 0 Å². The van der Waals surface area contributed by atoms with Crippen LogP contribution in [0.5, 0.6) is 0 Å². The maximum absolute atomic E-state index is 13.5. The molecule has 20 heavy (non-hydrogen) atoms. The van der Waals surface area contributed by atoms with E-state index in [0.29, 0.717) is 23.6 Å². The average molecular weight is 281 g/mol. The fourth-order valence-corrected chi connectivity index (χ4v) is 3.08. The zero-order chi connectivity index (χ0) is 14.8. The van der Waals surface area contributed by atoms with Crippen LogP contribution in [0.2, 0.25) is 0 Å². The molecule has 1 aliphatic rings. The maximum atomic E-state index is 13.5. The fraction of sp³-hybridized carbons (Fsp3) is 0.647. The van der Waals surface area contributed by atoms with Gasteiger partial charge < -0.3 is 5.32 Å². The van der Waals surface area contributed by atoms with E-state index in [1.807, 2.05) is 0 Å². The Morgan fingerprint density at radius 3 is 2.30 bits per heavy atom. The van der Waals surface area contributed by atoms with Crippen LogP contribution < -0.4 is 5.32 Å². The summed E-state index contributed by atoms with van der Waals surface area (Å²) in [5.41, 5.74) is 0.929. The van der Waals surface area contributed by atoms with Crippen LogP contribution in [0.3, 0.4) is 0 Å². The third-order valence-electron chi connectivity index (χ3n) is 4.55. The third-order valence-corrected chi connectivity index (χ3v) is 4.55. The van der Waals surface area contributed by atoms with E-state index < -0.39 is 11.6 Å². The number of halogens is 2. The largest absolute Gasteiger partial charge is 0.310 e. The van der Waals surface area contributed by atoms with E-state index in [1.54, 1.807) is 0 Å². The highest BCUT2D eigenvalue weighted by Gasteiger charge is 2.29. The van der Waals surface area contributed by atoms with Gasteiger partial charge in [-0.1, -0.05) is 26.8 Å². The van der Waals surface area contributed by atoms with Crippen molar-refractivity contribution < 1.29 is 8.78 Å². The smallest absolute Gasteiger partial charge is 0.130 e. The molecule has 0 unspecified atom stereocenters. The molecule has 0 heterocycles. The topological polar surface area (TPSA) is 12.0 Å². The normalized spacial score (nSPS) is 23.9. The highest BCUT2D eigenvalue weighted by molar-refractivity contribution is 5.18. The molecule has 0 atom stereocenters. The van der Waals surface area contributed by atoms with Crippen LogP contribution in [0.25, 0.3) is 0 Å². The first-order valence-electron chi connectivity index (χ1n) is 7.53. The van der Waals surface area contributed by atoms with Crippen LogP contribution in [-0.4, -0.2) is 6.04 Å². The van der Waals surface area contributed by atoms with Crippen molar-refractivity contribution in [2.24, 2.45) is 11.3 Å². The average Bonchev–Trinajstić information content (AvgIpc) is 2.37. The van der Waals surface area contributed by atoms with Gasteiger partial charge in [0.2, 0.25) is 0 Å². The standard InChI is InChI=1S/C17H25F2N/c1-17(2,3)13-5-8-15(9-6-13)20-11-12-4-7-14(18)10-16(12)19/h4,7,10,13,15,20H,5-6,8-9,11H2,1-3H3. The minimum atomic E-state index is -0.517. The first-order chi connectivity index (χ1) is 9.36. The highest BCUT2D eigenvalue weighted by Crippen LogP contribution is 2.37. The first-order valence-corrected chi connectivity index (χ1v) is 7.53. The fourth-order valence-electron chi connectivity index (χ4n) is 3.08. The molecule has 112 valence electrons. The summed E-state index contributed by atoms with van der Waals surface area (Å²) in [5, 5.41) is 3.41. The maximum Gasteiger partial charge on any atom is 0.130 e. The van der Waals surface area contributed by atoms with Crippen LogP contribution in [-0.2, 0) is 6.54 Å². The molecule has 1 aliphatic carbocycles. The van der Waals surface area contributed by atoms with E-state index in [4.69, 9.17) is 0 Å². The zero-order valence-electron chi connectivity index (χ0n) is 12.7. The van der Waals surface area contributed by atoms with Gasteiger partial charge in [0.15, 0.2) is 0 Å². The van der Waals surface area contributed by atoms with Crippen molar-refractivity contribution >= 4 is 0 Å². The number of benzene rings is 1. The third kappa shape index (κ3) is 4.02. The molecule has 3 heteroatoms. The van der Waals surface area contributed by atoms with E-state index in [0.717, 1.165) is 24.8 Å². The Labute approximate surface area is 120 Å². The lowest BCUT2D eigenvalue weighted by Crippen LogP contribution is -2.36. The second-order valence-corrected chi connectivity index (χ2v) is 7.03. The van der Waals surface area contributed by atoms with Crippen LogP contribution in [0.15, 0.2) is 18.2 Å². The van der Waals surface area contributed by atoms with Crippen molar-refractivity contribution in [1.29, 1.82) is 0 Å². The van der Waals surface area contributed by atoms with Crippen molar-refractivity contribution in [3.8, 4) is 0 Å². The molecule has 1 aromatic carbocycles. The molecule has 1 nitrogen and oxygen atoms in total. The molecule has 0 aromatic heterocycles. The molecule has 0 aliphatic heterocycles. The molecule has 1 N–H and O–H groups in total. The predicted octanol–water partition coefficient (Wildman–Crippen LogP) is 4.66. The summed E-state index contributed by atoms with van der Waals surface area (Å²) in [7, 11) is 0. The van der Waals surface area contributed by atoms with Gasteiger partial charge in [0.25, 0.3) is 0 Å². The summed E-state index contributed by atoms with van der Waals surface area (Å²) in [5.74, 6) is -0.194. The van der Waals surface area contributed by atoms with E-state index >= 15 is 0 Å². The Morgan fingerprint density at radius 1 is 1.10 bits per heavy atom. The van der Waals surface area contributed by atoms with Gasteiger partial charge in [-0.25, -0.2) is 8.78 Å². The molecular weight excluding hydrogens is 256 g/mol. The van der Waals surface area contributed by atoms with Crippen LogP contribution in [0.1, 0.15) is 52.0 Å². The van der Waals surface area contributed by atoms with Crippen molar-refractivity contribution in [2.45, 2.75) is 59.0 Å². The highest BCUT2D eigenvalue weighted by atomic mass is 19.1. The van der Waals surface area contributed by atoms with Gasteiger partial charge in [-0.05, 0) is 43.1 Å². The second kappa shape index (κ2) is 6.21. The van der Waals surface area contributed by atoms with Crippen LogP contribution in [0.4, 0.5) is 8.78 Å². The summed E-state index contributed by atoms with van der Waals surface area (Å²) in [6, 6.07) is 4.25. The lowest BCUT2D eigenvalue weighted by molar-refractivity contribution is 0.159. The van der Waals surface area contributed by atoms with E-state index in [1.165, 1.54) is 25.0 Å². The molecule has 1 saturated carbocycles. The van der Waals surface area contributed by atoms with Crippen LogP contribution in [0, 0.1) is 23.0 Å². The summed E-state index contributed by atoms with van der Waals surface area (Å²) >= 11 is 0. The molecule has 0 amide bonds. The van der Waals surface area contributed by atoms with Gasteiger partial charge >= 0.3 is 0 Å². The molecule has 2 rings (SSSR count). The molecule has 0 saturated heterocycles. The summed E-state index contributed by atoms with van der Waals surface area (Å²) in [4.78, 5) is 0. The molecule has 0 radical (unpaired) electrons. The Hall–Kier alpha value is -0.960. The Balaban J connectivity index is 1.82. The summed E-state index contributed by atoms with van der Waals surface area (Å²) < 4.78 is 26.4. The van der Waals surface area contributed by atoms with Gasteiger partial charge in [0.05, 0.1) is 0 Å². The van der Waals surface area contributed by atoms with Crippen LogP contribution >= 0.6 is 0 Å². The monoisotopic (exact) mass is 281 g/mol. The lowest BCUT2D eigenvalue weighted by atomic mass is 9.71. The molecule has 1 aromatic rings. The predicted molar refractivity (Wildman–Crippen MR) is 78.4 cm³/mol. The Bertz CT molecular complexity index is 443. The molecule has 0 spiro atoms. The lowest BCUT2D eigenvalue weighted by Gasteiger charge is -2.37. The van der Waals surface area contributed by atoms with Gasteiger partial charge in [-0.15, -0.1) is 0 Å². The zero-order valence-corrected chi connectivity index (χ0v) is 12.7. The van der Waals surface area contributed by atoms with Crippen molar-refractivity contribution in [1.82, 2.24) is 5.32 Å².